The first-order valence-electron chi connectivity index (χ1n) is 9.16. The Morgan fingerprint density at radius 1 is 1.00 bits per heavy atom. The summed E-state index contributed by atoms with van der Waals surface area (Å²) in [5.74, 6) is 1.69. The molecular formula is C22H24N4. The number of nitrogens with one attached hydrogen (secondary N) is 1. The van der Waals surface area contributed by atoms with Crippen LogP contribution in [0, 0.1) is 6.92 Å². The largest absolute Gasteiger partial charge is 0.350 e. The number of benzene rings is 2. The quantitative estimate of drug-likeness (QED) is 0.764. The first-order chi connectivity index (χ1) is 12.7. The van der Waals surface area contributed by atoms with E-state index in [1.807, 2.05) is 25.1 Å². The molecule has 0 radical (unpaired) electrons. The van der Waals surface area contributed by atoms with Gasteiger partial charge < -0.3 is 10.2 Å². The molecule has 26 heavy (non-hydrogen) atoms. The molecule has 2 aromatic carbocycles. The number of aromatic nitrogens is 2. The molecule has 132 valence electrons. The van der Waals surface area contributed by atoms with Gasteiger partial charge in [-0.3, -0.25) is 0 Å². The minimum atomic E-state index is 0.418. The van der Waals surface area contributed by atoms with Crippen LogP contribution >= 0.6 is 0 Å². The molecule has 1 aromatic heterocycles. The van der Waals surface area contributed by atoms with E-state index in [0.717, 1.165) is 31.0 Å². The van der Waals surface area contributed by atoms with Gasteiger partial charge in [0.05, 0.1) is 0 Å². The molecule has 4 heteroatoms. The van der Waals surface area contributed by atoms with Crippen LogP contribution in [-0.4, -0.2) is 16.0 Å². The molecule has 1 aliphatic rings. The minimum absolute atomic E-state index is 0.418. The van der Waals surface area contributed by atoms with Crippen LogP contribution in [0.1, 0.15) is 29.3 Å². The molecule has 1 aliphatic heterocycles. The molecule has 3 aromatic rings. The fraction of sp³-hybridized carbons (Fsp3) is 0.273. The lowest BCUT2D eigenvalue weighted by atomic mass is 9.95. The summed E-state index contributed by atoms with van der Waals surface area (Å²) < 4.78 is 0. The van der Waals surface area contributed by atoms with E-state index >= 15 is 0 Å². The third-order valence-corrected chi connectivity index (χ3v) is 4.93. The summed E-state index contributed by atoms with van der Waals surface area (Å²) >= 11 is 0. The van der Waals surface area contributed by atoms with E-state index in [9.17, 15) is 0 Å². The number of aryl methyl sites for hydroxylation is 1. The topological polar surface area (TPSA) is 41.1 Å². The Morgan fingerprint density at radius 2 is 1.73 bits per heavy atom. The predicted octanol–water partition coefficient (Wildman–Crippen LogP) is 4.35. The molecule has 1 atom stereocenters. The summed E-state index contributed by atoms with van der Waals surface area (Å²) in [6.45, 7) is 5.92. The van der Waals surface area contributed by atoms with Crippen LogP contribution < -0.4 is 10.2 Å². The molecule has 0 aliphatic carbocycles. The molecule has 0 saturated carbocycles. The Kier molecular flexibility index (Phi) is 4.57. The average Bonchev–Trinajstić information content (AvgIpc) is 2.66. The van der Waals surface area contributed by atoms with Crippen molar-refractivity contribution in [1.29, 1.82) is 0 Å². The second-order valence-electron chi connectivity index (χ2n) is 6.98. The van der Waals surface area contributed by atoms with Gasteiger partial charge in [0.1, 0.15) is 5.82 Å². The van der Waals surface area contributed by atoms with E-state index < -0.39 is 0 Å². The van der Waals surface area contributed by atoms with E-state index in [-0.39, 0.29) is 0 Å². The van der Waals surface area contributed by atoms with Crippen molar-refractivity contribution in [2.45, 2.75) is 39.4 Å². The van der Waals surface area contributed by atoms with Gasteiger partial charge in [-0.2, -0.15) is 4.98 Å². The van der Waals surface area contributed by atoms with Crippen molar-refractivity contribution in [1.82, 2.24) is 9.97 Å². The molecule has 2 heterocycles. The number of hydrogen-bond acceptors (Lipinski definition) is 4. The van der Waals surface area contributed by atoms with Crippen LogP contribution in [0.5, 0.6) is 0 Å². The lowest BCUT2D eigenvalue weighted by Gasteiger charge is -2.36. The summed E-state index contributed by atoms with van der Waals surface area (Å²) in [7, 11) is 0. The van der Waals surface area contributed by atoms with Crippen molar-refractivity contribution in [2.75, 3.05) is 10.2 Å². The summed E-state index contributed by atoms with van der Waals surface area (Å²) in [5.41, 5.74) is 5.04. The zero-order chi connectivity index (χ0) is 17.9. The fourth-order valence-electron chi connectivity index (χ4n) is 3.54. The second-order valence-corrected chi connectivity index (χ2v) is 6.98. The normalized spacial score (nSPS) is 16.2. The van der Waals surface area contributed by atoms with Gasteiger partial charge >= 0.3 is 0 Å². The van der Waals surface area contributed by atoms with Crippen LogP contribution in [0.25, 0.3) is 0 Å². The smallest absolute Gasteiger partial charge is 0.225 e. The Morgan fingerprint density at radius 3 is 2.54 bits per heavy atom. The van der Waals surface area contributed by atoms with Crippen LogP contribution in [0.15, 0.2) is 60.7 Å². The zero-order valence-electron chi connectivity index (χ0n) is 15.3. The van der Waals surface area contributed by atoms with Gasteiger partial charge in [-0.15, -0.1) is 0 Å². The monoisotopic (exact) mass is 344 g/mol. The Balaban J connectivity index is 1.56. The SMILES string of the molecule is Cc1cc(N2Cc3ccccc3C[C@H]2C)nc(NCc2ccccc2)n1. The maximum absolute atomic E-state index is 4.80. The first-order valence-corrected chi connectivity index (χ1v) is 9.16. The van der Waals surface area contributed by atoms with Gasteiger partial charge in [0.15, 0.2) is 0 Å². The highest BCUT2D eigenvalue weighted by atomic mass is 15.2. The third-order valence-electron chi connectivity index (χ3n) is 4.93. The maximum atomic E-state index is 4.80. The van der Waals surface area contributed by atoms with Crippen LogP contribution in [0.3, 0.4) is 0 Å². The molecular weight excluding hydrogens is 320 g/mol. The van der Waals surface area contributed by atoms with E-state index in [1.165, 1.54) is 16.7 Å². The van der Waals surface area contributed by atoms with Gasteiger partial charge in [0, 0.05) is 30.9 Å². The van der Waals surface area contributed by atoms with Gasteiger partial charge in [0.2, 0.25) is 5.95 Å². The molecule has 1 N–H and O–H groups in total. The summed E-state index contributed by atoms with van der Waals surface area (Å²) in [6.07, 6.45) is 1.05. The second kappa shape index (κ2) is 7.16. The fourth-order valence-corrected chi connectivity index (χ4v) is 3.54. The number of rotatable bonds is 4. The summed E-state index contributed by atoms with van der Waals surface area (Å²) in [4.78, 5) is 11.7. The molecule has 0 unspecified atom stereocenters. The summed E-state index contributed by atoms with van der Waals surface area (Å²) in [5, 5.41) is 3.37. The zero-order valence-corrected chi connectivity index (χ0v) is 15.3. The van der Waals surface area contributed by atoms with Crippen molar-refractivity contribution in [3.63, 3.8) is 0 Å². The van der Waals surface area contributed by atoms with Crippen LogP contribution in [0.4, 0.5) is 11.8 Å². The van der Waals surface area contributed by atoms with E-state index in [1.54, 1.807) is 0 Å². The third kappa shape index (κ3) is 3.54. The number of anilines is 2. The van der Waals surface area contributed by atoms with Crippen molar-refractivity contribution in [3.8, 4) is 0 Å². The number of fused-ring (bicyclic) bond motifs is 1. The van der Waals surface area contributed by atoms with E-state index in [2.05, 4.69) is 64.6 Å². The van der Waals surface area contributed by atoms with Crippen molar-refractivity contribution >= 4 is 11.8 Å². The molecule has 0 amide bonds. The molecule has 0 saturated heterocycles. The molecule has 0 fully saturated rings. The van der Waals surface area contributed by atoms with Crippen LogP contribution in [0.2, 0.25) is 0 Å². The van der Waals surface area contributed by atoms with E-state index in [0.29, 0.717) is 12.0 Å². The van der Waals surface area contributed by atoms with E-state index in [4.69, 9.17) is 4.98 Å². The molecule has 0 spiro atoms. The minimum Gasteiger partial charge on any atom is -0.350 e. The first kappa shape index (κ1) is 16.6. The van der Waals surface area contributed by atoms with Gasteiger partial charge in [-0.25, -0.2) is 4.98 Å². The van der Waals surface area contributed by atoms with Gasteiger partial charge in [0.25, 0.3) is 0 Å². The number of nitrogens with zero attached hydrogens (tertiary/aromatic N) is 3. The maximum Gasteiger partial charge on any atom is 0.225 e. The number of hydrogen-bond donors (Lipinski definition) is 1. The van der Waals surface area contributed by atoms with Gasteiger partial charge in [-0.1, -0.05) is 54.6 Å². The highest BCUT2D eigenvalue weighted by Gasteiger charge is 2.24. The molecule has 4 rings (SSSR count). The van der Waals surface area contributed by atoms with Crippen molar-refractivity contribution in [3.05, 3.63) is 83.0 Å². The highest BCUT2D eigenvalue weighted by Crippen LogP contribution is 2.28. The Bertz CT molecular complexity index is 892. The Labute approximate surface area is 154 Å². The summed E-state index contributed by atoms with van der Waals surface area (Å²) in [6, 6.07) is 21.5. The highest BCUT2D eigenvalue weighted by molar-refractivity contribution is 5.49. The van der Waals surface area contributed by atoms with Crippen molar-refractivity contribution < 1.29 is 0 Å². The van der Waals surface area contributed by atoms with Gasteiger partial charge in [-0.05, 0) is 37.0 Å². The Hall–Kier alpha value is -2.88. The molecule has 4 nitrogen and oxygen atoms in total. The van der Waals surface area contributed by atoms with Crippen molar-refractivity contribution in [2.24, 2.45) is 0 Å². The molecule has 0 bridgehead atoms. The standard InChI is InChI=1S/C22H24N4/c1-16-12-21(25-22(24-16)23-14-18-8-4-3-5-9-18)26-15-20-11-7-6-10-19(20)13-17(26)2/h3-12,17H,13-15H2,1-2H3,(H,23,24,25)/t17-/m1/s1. The lowest BCUT2D eigenvalue weighted by molar-refractivity contribution is 0.586. The average molecular weight is 344 g/mol. The lowest BCUT2D eigenvalue weighted by Crippen LogP contribution is -2.39. The predicted molar refractivity (Wildman–Crippen MR) is 106 cm³/mol. The van der Waals surface area contributed by atoms with Crippen LogP contribution in [-0.2, 0) is 19.5 Å².